The summed E-state index contributed by atoms with van der Waals surface area (Å²) in [5.41, 5.74) is 10.3. The van der Waals surface area contributed by atoms with Gasteiger partial charge in [-0.25, -0.2) is 0 Å². The molecule has 0 radical (unpaired) electrons. The van der Waals surface area contributed by atoms with Gasteiger partial charge in [-0.3, -0.25) is 9.13 Å². The van der Waals surface area contributed by atoms with Crippen molar-refractivity contribution in [1.29, 1.82) is 0 Å². The Morgan fingerprint density at radius 2 is 0.864 bits per heavy atom. The lowest BCUT2D eigenvalue weighted by Crippen LogP contribution is -1.93. The topological polar surface area (TPSA) is 36.1 Å². The van der Waals surface area contributed by atoms with Crippen LogP contribution in [-0.4, -0.2) is 9.13 Å². The average Bonchev–Trinajstić information content (AvgIpc) is 3.81. The summed E-state index contributed by atoms with van der Waals surface area (Å²) < 4.78 is 17.4. The van der Waals surface area contributed by atoms with Crippen LogP contribution in [0.5, 0.6) is 0 Å². The molecule has 4 nitrogen and oxygen atoms in total. The first-order valence-corrected chi connectivity index (χ1v) is 14.9. The molecule has 0 aliphatic carbocycles. The summed E-state index contributed by atoms with van der Waals surface area (Å²) in [6, 6.07) is 51.1. The van der Waals surface area contributed by atoms with Gasteiger partial charge in [-0.1, -0.05) is 91.0 Å². The monoisotopic (exact) mass is 564 g/mol. The van der Waals surface area contributed by atoms with Crippen LogP contribution in [0.1, 0.15) is 0 Å². The van der Waals surface area contributed by atoms with Gasteiger partial charge in [-0.05, 0) is 65.7 Å². The Balaban J connectivity index is 1.16. The summed E-state index contributed by atoms with van der Waals surface area (Å²) in [7, 11) is 0. The number of para-hydroxylation sites is 4. The quantitative estimate of drug-likeness (QED) is 0.214. The Labute approximate surface area is 251 Å². The first kappa shape index (κ1) is 23.6. The van der Waals surface area contributed by atoms with Crippen LogP contribution in [0.4, 0.5) is 0 Å². The van der Waals surface area contributed by atoms with Crippen molar-refractivity contribution in [1.82, 2.24) is 9.13 Å². The number of hydrogen-bond acceptors (Lipinski definition) is 2. The minimum Gasteiger partial charge on any atom is -0.439 e. The zero-order valence-electron chi connectivity index (χ0n) is 23.6. The molecule has 0 bridgehead atoms. The summed E-state index contributed by atoms with van der Waals surface area (Å²) in [6.07, 6.45) is 0. The lowest BCUT2D eigenvalue weighted by Gasteiger charge is -2.09. The third-order valence-electron chi connectivity index (χ3n) is 8.95. The van der Waals surface area contributed by atoms with Crippen molar-refractivity contribution in [2.75, 3.05) is 0 Å². The van der Waals surface area contributed by atoms with Crippen LogP contribution in [0.15, 0.2) is 154 Å². The maximum atomic E-state index is 6.47. The number of hydrogen-bond donors (Lipinski definition) is 0. The van der Waals surface area contributed by atoms with Gasteiger partial charge < -0.3 is 8.83 Å². The summed E-state index contributed by atoms with van der Waals surface area (Å²) in [5, 5.41) is 6.94. The van der Waals surface area contributed by atoms with Crippen LogP contribution in [0.3, 0.4) is 0 Å². The largest absolute Gasteiger partial charge is 0.439 e. The van der Waals surface area contributed by atoms with E-state index < -0.39 is 0 Å². The van der Waals surface area contributed by atoms with E-state index in [-0.39, 0.29) is 0 Å². The zero-order valence-corrected chi connectivity index (χ0v) is 23.6. The molecule has 0 spiro atoms. The molecular formula is C40H24N2O2. The van der Waals surface area contributed by atoms with Gasteiger partial charge in [0.15, 0.2) is 0 Å². The Bertz CT molecular complexity index is 2700. The molecular weight excluding hydrogens is 540 g/mol. The predicted molar refractivity (Wildman–Crippen MR) is 180 cm³/mol. The van der Waals surface area contributed by atoms with Gasteiger partial charge >= 0.3 is 0 Å². The van der Waals surface area contributed by atoms with Crippen LogP contribution in [0.25, 0.3) is 88.4 Å². The van der Waals surface area contributed by atoms with E-state index in [9.17, 15) is 0 Å². The highest BCUT2D eigenvalue weighted by Crippen LogP contribution is 2.42. The van der Waals surface area contributed by atoms with E-state index >= 15 is 0 Å². The van der Waals surface area contributed by atoms with Gasteiger partial charge in [-0.2, -0.15) is 0 Å². The SMILES string of the molecule is c1ccc(-n2c3ccc(-c4ccc(-n5c6ccccc6c6c7ccccc7oc65)cc4)cc3c3c4ccccc4oc32)cc1. The minimum atomic E-state index is 0.870. The fourth-order valence-electron chi connectivity index (χ4n) is 7.00. The first-order valence-electron chi connectivity index (χ1n) is 14.9. The highest BCUT2D eigenvalue weighted by molar-refractivity contribution is 6.21. The Kier molecular flexibility index (Phi) is 4.69. The average molecular weight is 565 g/mol. The van der Waals surface area contributed by atoms with Crippen LogP contribution < -0.4 is 0 Å². The lowest BCUT2D eigenvalue weighted by atomic mass is 10.0. The Morgan fingerprint density at radius 1 is 0.364 bits per heavy atom. The molecule has 6 aromatic carbocycles. The summed E-state index contributed by atoms with van der Waals surface area (Å²) in [4.78, 5) is 0. The van der Waals surface area contributed by atoms with E-state index in [0.29, 0.717) is 0 Å². The predicted octanol–water partition coefficient (Wildman–Crippen LogP) is 11.0. The minimum absolute atomic E-state index is 0.870. The third-order valence-corrected chi connectivity index (χ3v) is 8.95. The third kappa shape index (κ3) is 3.17. The van der Waals surface area contributed by atoms with Crippen LogP contribution in [0, 0.1) is 0 Å². The summed E-state index contributed by atoms with van der Waals surface area (Å²) in [6.45, 7) is 0. The van der Waals surface area contributed by atoms with E-state index in [1.54, 1.807) is 0 Å². The Hall–Kier alpha value is -6.00. The normalized spacial score (nSPS) is 12.1. The van der Waals surface area contributed by atoms with Crippen molar-refractivity contribution >= 4 is 65.9 Å². The molecule has 206 valence electrons. The van der Waals surface area contributed by atoms with Gasteiger partial charge in [0.1, 0.15) is 11.2 Å². The van der Waals surface area contributed by atoms with Crippen molar-refractivity contribution in [3.8, 4) is 22.5 Å². The molecule has 10 aromatic rings. The summed E-state index contributed by atoms with van der Waals surface area (Å²) in [5.74, 6) is 0. The Morgan fingerprint density at radius 3 is 1.55 bits per heavy atom. The molecule has 0 saturated carbocycles. The van der Waals surface area contributed by atoms with Crippen molar-refractivity contribution in [3.05, 3.63) is 146 Å². The second-order valence-corrected chi connectivity index (χ2v) is 11.4. The molecule has 0 fully saturated rings. The molecule has 4 aromatic heterocycles. The zero-order chi connectivity index (χ0) is 28.8. The van der Waals surface area contributed by atoms with E-state index in [0.717, 1.165) is 77.7 Å². The van der Waals surface area contributed by atoms with Crippen molar-refractivity contribution in [2.45, 2.75) is 0 Å². The number of rotatable bonds is 3. The van der Waals surface area contributed by atoms with Crippen LogP contribution in [-0.2, 0) is 0 Å². The molecule has 0 atom stereocenters. The highest BCUT2D eigenvalue weighted by atomic mass is 16.3. The van der Waals surface area contributed by atoms with Crippen LogP contribution >= 0.6 is 0 Å². The van der Waals surface area contributed by atoms with Gasteiger partial charge in [-0.15, -0.1) is 0 Å². The molecule has 0 amide bonds. The number of aromatic nitrogens is 2. The second-order valence-electron chi connectivity index (χ2n) is 11.4. The summed E-state index contributed by atoms with van der Waals surface area (Å²) >= 11 is 0. The van der Waals surface area contributed by atoms with E-state index in [4.69, 9.17) is 8.83 Å². The number of nitrogens with zero attached hydrogens (tertiary/aromatic N) is 2. The molecule has 4 heterocycles. The van der Waals surface area contributed by atoms with Crippen molar-refractivity contribution in [3.63, 3.8) is 0 Å². The fraction of sp³-hybridized carbons (Fsp3) is 0. The number of furan rings is 2. The fourth-order valence-corrected chi connectivity index (χ4v) is 7.00. The van der Waals surface area contributed by atoms with E-state index in [1.807, 2.05) is 30.3 Å². The van der Waals surface area contributed by atoms with Crippen LogP contribution in [0.2, 0.25) is 0 Å². The standard InChI is InChI=1S/C40H24N2O2/c1-2-10-27(11-3-1)41-34-23-20-26(24-32(34)38-31-14-6-9-17-36(31)44-40(38)41)25-18-21-28(22-19-25)42-33-15-7-4-12-29(33)37-30-13-5-8-16-35(30)43-39(37)42/h1-24H. The van der Waals surface area contributed by atoms with Gasteiger partial charge in [0.25, 0.3) is 0 Å². The van der Waals surface area contributed by atoms with E-state index in [1.165, 1.54) is 10.8 Å². The molecule has 0 saturated heterocycles. The molecule has 0 aliphatic heterocycles. The molecule has 4 heteroatoms. The number of benzene rings is 6. The molecule has 0 N–H and O–H groups in total. The number of fused-ring (bicyclic) bond motifs is 10. The highest BCUT2D eigenvalue weighted by Gasteiger charge is 2.21. The van der Waals surface area contributed by atoms with Gasteiger partial charge in [0.05, 0.1) is 21.8 Å². The molecule has 44 heavy (non-hydrogen) atoms. The molecule has 10 rings (SSSR count). The molecule has 0 unspecified atom stereocenters. The van der Waals surface area contributed by atoms with Gasteiger partial charge in [0, 0.05) is 32.9 Å². The first-order chi connectivity index (χ1) is 21.8. The van der Waals surface area contributed by atoms with E-state index in [2.05, 4.69) is 124 Å². The molecule has 0 aliphatic rings. The van der Waals surface area contributed by atoms with Crippen molar-refractivity contribution < 1.29 is 8.83 Å². The maximum absolute atomic E-state index is 6.47. The van der Waals surface area contributed by atoms with Gasteiger partial charge in [0.2, 0.25) is 11.4 Å². The second kappa shape index (κ2) is 8.76. The lowest BCUT2D eigenvalue weighted by molar-refractivity contribution is 0.645. The smallest absolute Gasteiger partial charge is 0.213 e. The maximum Gasteiger partial charge on any atom is 0.213 e. The van der Waals surface area contributed by atoms with Crippen molar-refractivity contribution in [2.24, 2.45) is 0 Å².